The monoisotopic (exact) mass is 286 g/mol. The van der Waals surface area contributed by atoms with Crippen LogP contribution in [0.3, 0.4) is 0 Å². The van der Waals surface area contributed by atoms with Gasteiger partial charge >= 0.3 is 0 Å². The first-order valence-electron chi connectivity index (χ1n) is 8.05. The SMILES string of the molecule is CC(=O)c1c[nH]c(C(=O)NC23CC4CC(CC(C4)C2)C3)c1. The number of H-pyrrole nitrogens is 1. The van der Waals surface area contributed by atoms with Gasteiger partial charge in [-0.3, -0.25) is 9.59 Å². The fourth-order valence-electron chi connectivity index (χ4n) is 5.30. The van der Waals surface area contributed by atoms with Gasteiger partial charge in [-0.2, -0.15) is 0 Å². The van der Waals surface area contributed by atoms with Crippen LogP contribution in [0.2, 0.25) is 0 Å². The van der Waals surface area contributed by atoms with Crippen LogP contribution in [0.25, 0.3) is 0 Å². The predicted molar refractivity (Wildman–Crippen MR) is 79.2 cm³/mol. The van der Waals surface area contributed by atoms with Crippen molar-refractivity contribution >= 4 is 11.7 Å². The van der Waals surface area contributed by atoms with E-state index in [-0.39, 0.29) is 17.2 Å². The van der Waals surface area contributed by atoms with E-state index in [1.54, 1.807) is 12.3 Å². The molecule has 1 aromatic rings. The highest BCUT2D eigenvalue weighted by Crippen LogP contribution is 2.55. The number of amides is 1. The predicted octanol–water partition coefficient (Wildman–Crippen LogP) is 2.92. The van der Waals surface area contributed by atoms with Crippen molar-refractivity contribution in [1.29, 1.82) is 0 Å². The van der Waals surface area contributed by atoms with Crippen molar-refractivity contribution in [2.45, 2.75) is 51.0 Å². The van der Waals surface area contributed by atoms with E-state index in [1.807, 2.05) is 0 Å². The Balaban J connectivity index is 1.52. The van der Waals surface area contributed by atoms with E-state index >= 15 is 0 Å². The van der Waals surface area contributed by atoms with Gasteiger partial charge < -0.3 is 10.3 Å². The van der Waals surface area contributed by atoms with Gasteiger partial charge in [-0.1, -0.05) is 0 Å². The number of hydrogen-bond acceptors (Lipinski definition) is 2. The number of nitrogens with one attached hydrogen (secondary N) is 2. The summed E-state index contributed by atoms with van der Waals surface area (Å²) in [7, 11) is 0. The Kier molecular flexibility index (Phi) is 2.78. The molecular formula is C17H22N2O2. The van der Waals surface area contributed by atoms with E-state index < -0.39 is 0 Å². The van der Waals surface area contributed by atoms with Crippen molar-refractivity contribution in [3.05, 3.63) is 23.5 Å². The van der Waals surface area contributed by atoms with Crippen LogP contribution in [-0.4, -0.2) is 22.2 Å². The van der Waals surface area contributed by atoms with Gasteiger partial charge in [0.15, 0.2) is 5.78 Å². The van der Waals surface area contributed by atoms with Gasteiger partial charge in [0.2, 0.25) is 0 Å². The minimum Gasteiger partial charge on any atom is -0.356 e. The van der Waals surface area contributed by atoms with Crippen molar-refractivity contribution < 1.29 is 9.59 Å². The van der Waals surface area contributed by atoms with Gasteiger partial charge in [0, 0.05) is 17.3 Å². The highest BCUT2D eigenvalue weighted by Gasteiger charge is 2.51. The van der Waals surface area contributed by atoms with E-state index in [4.69, 9.17) is 0 Å². The lowest BCUT2D eigenvalue weighted by atomic mass is 9.53. The lowest BCUT2D eigenvalue weighted by Crippen LogP contribution is -2.59. The topological polar surface area (TPSA) is 62.0 Å². The lowest BCUT2D eigenvalue weighted by molar-refractivity contribution is -0.0167. The maximum Gasteiger partial charge on any atom is 0.268 e. The number of rotatable bonds is 3. The number of Topliss-reactive ketones (excluding diaryl/α,β-unsaturated/α-hetero) is 1. The minimum absolute atomic E-state index is 0.0138. The third-order valence-electron chi connectivity index (χ3n) is 5.75. The van der Waals surface area contributed by atoms with E-state index in [1.165, 1.54) is 26.2 Å². The first kappa shape index (κ1) is 13.1. The molecule has 21 heavy (non-hydrogen) atoms. The standard InChI is InChI=1S/C17H22N2O2/c1-10(20)14-5-15(18-9-14)16(21)19-17-6-11-2-12(7-17)4-13(3-11)8-17/h5,9,11-13,18H,2-4,6-8H2,1H3,(H,19,21). The molecule has 4 aliphatic carbocycles. The minimum atomic E-state index is -0.0514. The number of aromatic amines is 1. The molecule has 1 amide bonds. The molecular weight excluding hydrogens is 264 g/mol. The normalized spacial score (nSPS) is 36.7. The molecule has 4 saturated carbocycles. The van der Waals surface area contributed by atoms with E-state index in [9.17, 15) is 9.59 Å². The summed E-state index contributed by atoms with van der Waals surface area (Å²) in [4.78, 5) is 26.8. The van der Waals surface area contributed by atoms with Gasteiger partial charge in [0.1, 0.15) is 5.69 Å². The van der Waals surface area contributed by atoms with Gasteiger partial charge in [0.25, 0.3) is 5.91 Å². The van der Waals surface area contributed by atoms with Crippen molar-refractivity contribution in [2.75, 3.05) is 0 Å². The number of carbonyl (C=O) groups is 2. The molecule has 0 aliphatic heterocycles. The molecule has 4 aliphatic rings. The Bertz CT molecular complexity index is 566. The molecule has 0 aromatic carbocycles. The second kappa shape index (κ2) is 4.46. The van der Waals surface area contributed by atoms with Gasteiger partial charge in [-0.25, -0.2) is 0 Å². The molecule has 4 nitrogen and oxygen atoms in total. The van der Waals surface area contributed by atoms with E-state index in [2.05, 4.69) is 10.3 Å². The zero-order chi connectivity index (χ0) is 14.6. The van der Waals surface area contributed by atoms with Crippen LogP contribution in [0.15, 0.2) is 12.3 Å². The van der Waals surface area contributed by atoms with Gasteiger partial charge in [0.05, 0.1) is 0 Å². The third kappa shape index (κ3) is 2.21. The largest absolute Gasteiger partial charge is 0.356 e. The maximum absolute atomic E-state index is 12.5. The Morgan fingerprint density at radius 3 is 2.19 bits per heavy atom. The van der Waals surface area contributed by atoms with Crippen LogP contribution in [0.4, 0.5) is 0 Å². The van der Waals surface area contributed by atoms with Crippen LogP contribution >= 0.6 is 0 Å². The molecule has 4 bridgehead atoms. The molecule has 0 spiro atoms. The average Bonchev–Trinajstić information content (AvgIpc) is 2.85. The first-order valence-corrected chi connectivity index (χ1v) is 8.05. The summed E-state index contributed by atoms with van der Waals surface area (Å²) in [6.45, 7) is 1.52. The second-order valence-electron chi connectivity index (χ2n) is 7.51. The third-order valence-corrected chi connectivity index (χ3v) is 5.75. The van der Waals surface area contributed by atoms with Crippen molar-refractivity contribution in [3.63, 3.8) is 0 Å². The molecule has 0 unspecified atom stereocenters. The molecule has 1 aromatic heterocycles. The number of carbonyl (C=O) groups excluding carboxylic acids is 2. The summed E-state index contributed by atoms with van der Waals surface area (Å²) in [5, 5.41) is 3.31. The summed E-state index contributed by atoms with van der Waals surface area (Å²) >= 11 is 0. The summed E-state index contributed by atoms with van der Waals surface area (Å²) in [5.41, 5.74) is 1.11. The molecule has 4 fully saturated rings. The first-order chi connectivity index (χ1) is 10.0. The number of ketones is 1. The molecule has 5 rings (SSSR count). The summed E-state index contributed by atoms with van der Waals surface area (Å²) < 4.78 is 0. The fourth-order valence-corrected chi connectivity index (χ4v) is 5.30. The van der Waals surface area contributed by atoms with Crippen LogP contribution in [-0.2, 0) is 0 Å². The smallest absolute Gasteiger partial charge is 0.268 e. The molecule has 0 atom stereocenters. The fraction of sp³-hybridized carbons (Fsp3) is 0.647. The Morgan fingerprint density at radius 2 is 1.71 bits per heavy atom. The molecule has 112 valence electrons. The Morgan fingerprint density at radius 1 is 1.14 bits per heavy atom. The van der Waals surface area contributed by atoms with E-state index in [0.717, 1.165) is 37.0 Å². The summed E-state index contributed by atoms with van der Waals surface area (Å²) in [6.07, 6.45) is 9.16. The quantitative estimate of drug-likeness (QED) is 0.839. The lowest BCUT2D eigenvalue weighted by Gasteiger charge is -2.56. The van der Waals surface area contributed by atoms with Crippen molar-refractivity contribution in [3.8, 4) is 0 Å². The summed E-state index contributed by atoms with van der Waals surface area (Å²) in [5.74, 6) is 2.37. The molecule has 2 N–H and O–H groups in total. The maximum atomic E-state index is 12.5. The Hall–Kier alpha value is -1.58. The van der Waals surface area contributed by atoms with Crippen LogP contribution in [0, 0.1) is 17.8 Å². The van der Waals surface area contributed by atoms with Gasteiger partial charge in [-0.15, -0.1) is 0 Å². The van der Waals surface area contributed by atoms with Crippen molar-refractivity contribution in [2.24, 2.45) is 17.8 Å². The molecule has 0 saturated heterocycles. The van der Waals surface area contributed by atoms with Crippen molar-refractivity contribution in [1.82, 2.24) is 10.3 Å². The second-order valence-corrected chi connectivity index (χ2v) is 7.51. The average molecular weight is 286 g/mol. The van der Waals surface area contributed by atoms with Crippen LogP contribution < -0.4 is 5.32 Å². The van der Waals surface area contributed by atoms with Gasteiger partial charge in [-0.05, 0) is 69.3 Å². The highest BCUT2D eigenvalue weighted by molar-refractivity contribution is 5.99. The number of hydrogen-bond donors (Lipinski definition) is 2. The summed E-state index contributed by atoms with van der Waals surface area (Å²) in [6, 6.07) is 1.66. The zero-order valence-electron chi connectivity index (χ0n) is 12.4. The molecule has 4 heteroatoms. The zero-order valence-corrected chi connectivity index (χ0v) is 12.4. The Labute approximate surface area is 124 Å². The number of aromatic nitrogens is 1. The highest BCUT2D eigenvalue weighted by atomic mass is 16.2. The van der Waals surface area contributed by atoms with Crippen LogP contribution in [0.1, 0.15) is 66.3 Å². The van der Waals surface area contributed by atoms with E-state index in [0.29, 0.717) is 11.3 Å². The molecule has 1 heterocycles. The van der Waals surface area contributed by atoms with Crippen LogP contribution in [0.5, 0.6) is 0 Å². The molecule has 0 radical (unpaired) electrons.